The molecule has 0 aliphatic heterocycles. The first kappa shape index (κ1) is 8.77. The number of aryl methyl sites for hydroxylation is 2. The van der Waals surface area contributed by atoms with E-state index >= 15 is 0 Å². The Labute approximate surface area is 70.8 Å². The van der Waals surface area contributed by atoms with Gasteiger partial charge < -0.3 is 4.74 Å². The fraction of sp³-hybridized carbons (Fsp3) is 0.500. The van der Waals surface area contributed by atoms with Crippen LogP contribution in [0.15, 0.2) is 10.9 Å². The third-order valence-corrected chi connectivity index (χ3v) is 1.66. The highest BCUT2D eigenvalue weighted by Gasteiger charge is 2.03. The van der Waals surface area contributed by atoms with E-state index in [0.717, 1.165) is 12.1 Å². The molecule has 0 bridgehead atoms. The van der Waals surface area contributed by atoms with Gasteiger partial charge in [0.05, 0.1) is 12.8 Å². The van der Waals surface area contributed by atoms with Gasteiger partial charge in [0.25, 0.3) is 0 Å². The smallest absolute Gasteiger partial charge is 0.308 e. The molecule has 12 heavy (non-hydrogen) atoms. The maximum Gasteiger partial charge on any atom is 0.308 e. The summed E-state index contributed by atoms with van der Waals surface area (Å²) in [5.41, 5.74) is 0.656. The molecule has 1 aromatic heterocycles. The van der Waals surface area contributed by atoms with E-state index in [1.165, 1.54) is 11.8 Å². The van der Waals surface area contributed by atoms with Crippen molar-refractivity contribution in [1.29, 1.82) is 0 Å². The Morgan fingerprint density at radius 2 is 2.33 bits per heavy atom. The summed E-state index contributed by atoms with van der Waals surface area (Å²) >= 11 is 0. The molecule has 0 saturated carbocycles. The fourth-order valence-corrected chi connectivity index (χ4v) is 0.958. The molecule has 0 aliphatic carbocycles. The molecule has 4 nitrogen and oxygen atoms in total. The maximum atomic E-state index is 11.2. The molecule has 0 aromatic carbocycles. The zero-order valence-corrected chi connectivity index (χ0v) is 7.50. The van der Waals surface area contributed by atoms with Crippen LogP contribution in [-0.2, 0) is 13.5 Å². The van der Waals surface area contributed by atoms with Crippen LogP contribution < -0.4 is 10.3 Å². The molecule has 1 rings (SSSR count). The van der Waals surface area contributed by atoms with Crippen LogP contribution in [0.5, 0.6) is 5.75 Å². The summed E-state index contributed by atoms with van der Waals surface area (Å²) in [6, 6.07) is 1.67. The van der Waals surface area contributed by atoms with Gasteiger partial charge in [0, 0.05) is 13.1 Å². The van der Waals surface area contributed by atoms with Crippen LogP contribution in [-0.4, -0.2) is 16.9 Å². The number of nitrogens with zero attached hydrogens (tertiary/aromatic N) is 2. The molecule has 4 heteroatoms. The zero-order valence-electron chi connectivity index (χ0n) is 7.50. The van der Waals surface area contributed by atoms with Gasteiger partial charge in [0.15, 0.2) is 5.75 Å². The van der Waals surface area contributed by atoms with Crippen molar-refractivity contribution >= 4 is 0 Å². The Morgan fingerprint density at radius 3 is 2.83 bits per heavy atom. The molecule has 1 heterocycles. The summed E-state index contributed by atoms with van der Waals surface area (Å²) < 4.78 is 6.18. The van der Waals surface area contributed by atoms with Gasteiger partial charge in [0.2, 0.25) is 0 Å². The van der Waals surface area contributed by atoms with Crippen LogP contribution in [0, 0.1) is 0 Å². The Bertz CT molecular complexity index is 330. The molecule has 0 aliphatic rings. The molecule has 0 unspecified atom stereocenters. The molecule has 0 saturated heterocycles. The summed E-state index contributed by atoms with van der Waals surface area (Å²) in [6.45, 7) is 1.98. The molecule has 1 aromatic rings. The first-order chi connectivity index (χ1) is 5.69. The van der Waals surface area contributed by atoms with E-state index in [4.69, 9.17) is 4.74 Å². The Kier molecular flexibility index (Phi) is 2.47. The molecule has 0 N–H and O–H groups in total. The van der Waals surface area contributed by atoms with Crippen molar-refractivity contribution in [3.8, 4) is 5.75 Å². The van der Waals surface area contributed by atoms with Gasteiger partial charge in [0.1, 0.15) is 0 Å². The van der Waals surface area contributed by atoms with E-state index in [0.29, 0.717) is 5.75 Å². The van der Waals surface area contributed by atoms with Gasteiger partial charge in [-0.05, 0) is 6.42 Å². The minimum Gasteiger partial charge on any atom is -0.491 e. The van der Waals surface area contributed by atoms with Crippen LogP contribution in [0.3, 0.4) is 0 Å². The number of ether oxygens (including phenoxy) is 1. The summed E-state index contributed by atoms with van der Waals surface area (Å²) in [6.07, 6.45) is 0.796. The lowest BCUT2D eigenvalue weighted by Crippen LogP contribution is -2.21. The second-order valence-corrected chi connectivity index (χ2v) is 2.49. The number of hydrogen-bond donors (Lipinski definition) is 0. The van der Waals surface area contributed by atoms with Crippen LogP contribution in [0.4, 0.5) is 0 Å². The van der Waals surface area contributed by atoms with Gasteiger partial charge in [-0.3, -0.25) is 4.79 Å². The Hall–Kier alpha value is -1.32. The zero-order chi connectivity index (χ0) is 9.14. The third-order valence-electron chi connectivity index (χ3n) is 1.66. The van der Waals surface area contributed by atoms with Gasteiger partial charge in [-0.1, -0.05) is 6.92 Å². The maximum absolute atomic E-state index is 11.2. The molecule has 0 fully saturated rings. The van der Waals surface area contributed by atoms with Crippen LogP contribution >= 0.6 is 0 Å². The van der Waals surface area contributed by atoms with Crippen molar-refractivity contribution in [3.63, 3.8) is 0 Å². The molecular weight excluding hydrogens is 156 g/mol. The topological polar surface area (TPSA) is 44.1 Å². The van der Waals surface area contributed by atoms with E-state index in [-0.39, 0.29) is 5.56 Å². The van der Waals surface area contributed by atoms with Crippen molar-refractivity contribution in [3.05, 3.63) is 22.1 Å². The molecule has 0 atom stereocenters. The van der Waals surface area contributed by atoms with Gasteiger partial charge in [-0.15, -0.1) is 0 Å². The van der Waals surface area contributed by atoms with Crippen LogP contribution in [0.2, 0.25) is 0 Å². The van der Waals surface area contributed by atoms with Crippen LogP contribution in [0.1, 0.15) is 12.6 Å². The highest BCUT2D eigenvalue weighted by molar-refractivity contribution is 5.19. The normalized spacial score (nSPS) is 9.92. The van der Waals surface area contributed by atoms with Crippen LogP contribution in [0.25, 0.3) is 0 Å². The second-order valence-electron chi connectivity index (χ2n) is 2.49. The first-order valence-electron chi connectivity index (χ1n) is 3.80. The number of methoxy groups -OCH3 is 1. The Morgan fingerprint density at radius 1 is 1.67 bits per heavy atom. The fourth-order valence-electron chi connectivity index (χ4n) is 0.958. The lowest BCUT2D eigenvalue weighted by molar-refractivity contribution is 0.399. The summed E-state index contributed by atoms with van der Waals surface area (Å²) in [5.74, 6) is 0.351. The molecular formula is C8H12N2O2. The van der Waals surface area contributed by atoms with E-state index in [1.54, 1.807) is 13.1 Å². The molecule has 0 radical (unpaired) electrons. The molecule has 66 valence electrons. The summed E-state index contributed by atoms with van der Waals surface area (Å²) in [7, 11) is 3.10. The number of aromatic nitrogens is 2. The number of hydrogen-bond acceptors (Lipinski definition) is 3. The minimum atomic E-state index is -0.199. The van der Waals surface area contributed by atoms with Crippen molar-refractivity contribution in [2.75, 3.05) is 7.11 Å². The van der Waals surface area contributed by atoms with Gasteiger partial charge >= 0.3 is 5.56 Å². The summed E-state index contributed by atoms with van der Waals surface area (Å²) in [5, 5.41) is 4.02. The quantitative estimate of drug-likeness (QED) is 0.640. The average molecular weight is 168 g/mol. The van der Waals surface area contributed by atoms with Crippen molar-refractivity contribution in [1.82, 2.24) is 9.78 Å². The highest BCUT2D eigenvalue weighted by Crippen LogP contribution is 2.03. The van der Waals surface area contributed by atoms with E-state index in [9.17, 15) is 4.79 Å². The van der Waals surface area contributed by atoms with E-state index in [1.807, 2.05) is 6.92 Å². The van der Waals surface area contributed by atoms with Gasteiger partial charge in [-0.25, -0.2) is 4.68 Å². The second kappa shape index (κ2) is 3.38. The van der Waals surface area contributed by atoms with E-state index in [2.05, 4.69) is 5.10 Å². The summed E-state index contributed by atoms with van der Waals surface area (Å²) in [4.78, 5) is 11.2. The standard InChI is InChI=1S/C8H12N2O2/c1-4-6-5-7(12-3)8(11)10(2)9-6/h5H,4H2,1-3H3. The van der Waals surface area contributed by atoms with E-state index < -0.39 is 0 Å². The minimum absolute atomic E-state index is 0.199. The molecule has 0 amide bonds. The Balaban J connectivity index is 3.29. The van der Waals surface area contributed by atoms with Crippen molar-refractivity contribution < 1.29 is 4.74 Å². The lowest BCUT2D eigenvalue weighted by Gasteiger charge is -2.03. The van der Waals surface area contributed by atoms with Crippen molar-refractivity contribution in [2.24, 2.45) is 7.05 Å². The lowest BCUT2D eigenvalue weighted by atomic mass is 10.3. The first-order valence-corrected chi connectivity index (χ1v) is 3.80. The SMILES string of the molecule is CCc1cc(OC)c(=O)n(C)n1. The largest absolute Gasteiger partial charge is 0.491 e. The highest BCUT2D eigenvalue weighted by atomic mass is 16.5. The average Bonchev–Trinajstić information content (AvgIpc) is 2.09. The molecule has 0 spiro atoms. The van der Waals surface area contributed by atoms with Gasteiger partial charge in [-0.2, -0.15) is 5.10 Å². The number of rotatable bonds is 2. The predicted molar refractivity (Wildman–Crippen MR) is 45.4 cm³/mol. The predicted octanol–water partition coefficient (Wildman–Crippen LogP) is 0.351. The monoisotopic (exact) mass is 168 g/mol. The van der Waals surface area contributed by atoms with Crippen molar-refractivity contribution in [2.45, 2.75) is 13.3 Å². The third kappa shape index (κ3) is 1.47.